The van der Waals surface area contributed by atoms with Gasteiger partial charge in [0.05, 0.1) is 0 Å². The van der Waals surface area contributed by atoms with Gasteiger partial charge in [0.2, 0.25) is 6.79 Å². The molecule has 0 aromatic heterocycles. The maximum atomic E-state index is 8.45. The molecule has 0 saturated heterocycles. The highest BCUT2D eigenvalue weighted by molar-refractivity contribution is 5.58. The first kappa shape index (κ1) is 9.68. The Bertz CT molecular complexity index is 425. The summed E-state index contributed by atoms with van der Waals surface area (Å²) in [6, 6.07) is 3.61. The summed E-state index contributed by atoms with van der Waals surface area (Å²) in [5, 5.41) is 3.65. The van der Waals surface area contributed by atoms with Gasteiger partial charge in [-0.05, 0) is 29.6 Å². The van der Waals surface area contributed by atoms with Crippen LogP contribution in [0.25, 0.3) is 10.4 Å². The molecule has 0 fully saturated rings. The number of hydrogen-bond donors (Lipinski definition) is 0. The molecule has 0 saturated carbocycles. The summed E-state index contributed by atoms with van der Waals surface area (Å²) in [4.78, 5) is 2.80. The molecule has 15 heavy (non-hydrogen) atoms. The standard InChI is InChI=1S/C10H11N3O2/c1-2-3-7-4-9-10(15-6-14-9)5-8(7)12-13-11/h4-5H,2-3,6H2,1H3. The minimum absolute atomic E-state index is 0.237. The Balaban J connectivity index is 2.46. The highest BCUT2D eigenvalue weighted by Gasteiger charge is 2.16. The Morgan fingerprint density at radius 3 is 2.80 bits per heavy atom. The summed E-state index contributed by atoms with van der Waals surface area (Å²) in [6.07, 6.45) is 1.86. The number of ether oxygens (including phenoxy) is 2. The summed E-state index contributed by atoms with van der Waals surface area (Å²) in [6.45, 7) is 2.31. The van der Waals surface area contributed by atoms with Crippen molar-refractivity contribution in [2.24, 2.45) is 5.11 Å². The van der Waals surface area contributed by atoms with E-state index in [1.54, 1.807) is 6.07 Å². The number of rotatable bonds is 3. The van der Waals surface area contributed by atoms with Gasteiger partial charge in [0, 0.05) is 10.6 Å². The lowest BCUT2D eigenvalue weighted by Crippen LogP contribution is -1.92. The Hall–Kier alpha value is -1.87. The van der Waals surface area contributed by atoms with Crippen molar-refractivity contribution >= 4 is 5.69 Å². The fourth-order valence-corrected chi connectivity index (χ4v) is 1.58. The van der Waals surface area contributed by atoms with Gasteiger partial charge in [-0.3, -0.25) is 0 Å². The lowest BCUT2D eigenvalue weighted by molar-refractivity contribution is 0.174. The predicted molar refractivity (Wildman–Crippen MR) is 55.4 cm³/mol. The van der Waals surface area contributed by atoms with E-state index in [1.165, 1.54) is 0 Å². The van der Waals surface area contributed by atoms with E-state index in [0.29, 0.717) is 11.4 Å². The SMILES string of the molecule is CCCc1cc2c(cc1N=[N+]=[N-])OCO2. The second-order valence-corrected chi connectivity index (χ2v) is 3.27. The summed E-state index contributed by atoms with van der Waals surface area (Å²) < 4.78 is 10.5. The van der Waals surface area contributed by atoms with Crippen LogP contribution < -0.4 is 9.47 Å². The third-order valence-corrected chi connectivity index (χ3v) is 2.25. The van der Waals surface area contributed by atoms with Crippen LogP contribution in [-0.2, 0) is 6.42 Å². The van der Waals surface area contributed by atoms with E-state index in [2.05, 4.69) is 16.9 Å². The number of hydrogen-bond acceptors (Lipinski definition) is 3. The number of aryl methyl sites for hydroxylation is 1. The van der Waals surface area contributed by atoms with Crippen LogP contribution in [0.1, 0.15) is 18.9 Å². The minimum atomic E-state index is 0.237. The highest BCUT2D eigenvalue weighted by Crippen LogP contribution is 2.38. The van der Waals surface area contributed by atoms with Crippen molar-refractivity contribution in [3.63, 3.8) is 0 Å². The van der Waals surface area contributed by atoms with Gasteiger partial charge in [0.25, 0.3) is 0 Å². The van der Waals surface area contributed by atoms with Crippen LogP contribution in [-0.4, -0.2) is 6.79 Å². The zero-order chi connectivity index (χ0) is 10.7. The first-order valence-electron chi connectivity index (χ1n) is 4.82. The number of benzene rings is 1. The molecule has 78 valence electrons. The average molecular weight is 205 g/mol. The topological polar surface area (TPSA) is 67.2 Å². The molecule has 0 atom stereocenters. The van der Waals surface area contributed by atoms with Crippen molar-refractivity contribution in [3.8, 4) is 11.5 Å². The Labute approximate surface area is 87.2 Å². The quantitative estimate of drug-likeness (QED) is 0.431. The molecule has 0 aliphatic carbocycles. The van der Waals surface area contributed by atoms with Crippen LogP contribution in [0.4, 0.5) is 5.69 Å². The molecule has 0 N–H and O–H groups in total. The van der Waals surface area contributed by atoms with E-state index in [-0.39, 0.29) is 6.79 Å². The molecule has 0 unspecified atom stereocenters. The van der Waals surface area contributed by atoms with Crippen LogP contribution in [0.5, 0.6) is 11.5 Å². The van der Waals surface area contributed by atoms with Gasteiger partial charge in [0.15, 0.2) is 11.5 Å². The van der Waals surface area contributed by atoms with Crippen LogP contribution in [0.15, 0.2) is 17.2 Å². The third kappa shape index (κ3) is 1.82. The van der Waals surface area contributed by atoms with Crippen LogP contribution in [0, 0.1) is 0 Å². The van der Waals surface area contributed by atoms with E-state index in [9.17, 15) is 0 Å². The average Bonchev–Trinajstić information content (AvgIpc) is 2.66. The van der Waals surface area contributed by atoms with E-state index < -0.39 is 0 Å². The highest BCUT2D eigenvalue weighted by atomic mass is 16.7. The zero-order valence-corrected chi connectivity index (χ0v) is 8.43. The van der Waals surface area contributed by atoms with Gasteiger partial charge >= 0.3 is 0 Å². The summed E-state index contributed by atoms with van der Waals surface area (Å²) >= 11 is 0. The second-order valence-electron chi connectivity index (χ2n) is 3.27. The van der Waals surface area contributed by atoms with Crippen molar-refractivity contribution in [1.29, 1.82) is 0 Å². The molecule has 0 bridgehead atoms. The summed E-state index contributed by atoms with van der Waals surface area (Å²) in [5.74, 6) is 1.38. The molecule has 5 nitrogen and oxygen atoms in total. The molecule has 1 aliphatic rings. The zero-order valence-electron chi connectivity index (χ0n) is 8.43. The van der Waals surface area contributed by atoms with Gasteiger partial charge in [-0.1, -0.05) is 18.5 Å². The Morgan fingerprint density at radius 1 is 1.40 bits per heavy atom. The molecule has 2 rings (SSSR count). The van der Waals surface area contributed by atoms with Crippen molar-refractivity contribution in [1.82, 2.24) is 0 Å². The van der Waals surface area contributed by atoms with Gasteiger partial charge in [-0.2, -0.15) is 0 Å². The molecule has 5 heteroatoms. The van der Waals surface area contributed by atoms with Crippen molar-refractivity contribution < 1.29 is 9.47 Å². The monoisotopic (exact) mass is 205 g/mol. The Kier molecular flexibility index (Phi) is 2.65. The molecular weight excluding hydrogens is 194 g/mol. The van der Waals surface area contributed by atoms with E-state index in [1.807, 2.05) is 6.07 Å². The molecule has 1 aromatic carbocycles. The summed E-state index contributed by atoms with van der Waals surface area (Å²) in [5.41, 5.74) is 10.1. The third-order valence-electron chi connectivity index (χ3n) is 2.25. The van der Waals surface area contributed by atoms with Crippen molar-refractivity contribution in [3.05, 3.63) is 28.1 Å². The van der Waals surface area contributed by atoms with Crippen molar-refractivity contribution in [2.75, 3.05) is 6.79 Å². The molecule has 0 radical (unpaired) electrons. The molecular formula is C10H11N3O2. The van der Waals surface area contributed by atoms with E-state index in [4.69, 9.17) is 15.0 Å². The summed E-state index contributed by atoms with van der Waals surface area (Å²) in [7, 11) is 0. The molecule has 0 spiro atoms. The fraction of sp³-hybridized carbons (Fsp3) is 0.400. The fourth-order valence-electron chi connectivity index (χ4n) is 1.58. The smallest absolute Gasteiger partial charge is 0.231 e. The van der Waals surface area contributed by atoms with Gasteiger partial charge in [-0.15, -0.1) is 0 Å². The van der Waals surface area contributed by atoms with Crippen LogP contribution >= 0.6 is 0 Å². The van der Waals surface area contributed by atoms with Gasteiger partial charge in [-0.25, -0.2) is 0 Å². The first-order valence-corrected chi connectivity index (χ1v) is 4.82. The Morgan fingerprint density at radius 2 is 2.13 bits per heavy atom. The van der Waals surface area contributed by atoms with Gasteiger partial charge < -0.3 is 9.47 Å². The normalized spacial score (nSPS) is 12.3. The number of nitrogens with zero attached hydrogens (tertiary/aromatic N) is 3. The van der Waals surface area contributed by atoms with E-state index >= 15 is 0 Å². The predicted octanol–water partition coefficient (Wildman–Crippen LogP) is 3.31. The lowest BCUT2D eigenvalue weighted by atomic mass is 10.1. The van der Waals surface area contributed by atoms with Crippen LogP contribution in [0.2, 0.25) is 0 Å². The second kappa shape index (κ2) is 4.11. The molecule has 1 aromatic rings. The maximum absolute atomic E-state index is 8.45. The first-order chi connectivity index (χ1) is 7.35. The van der Waals surface area contributed by atoms with Gasteiger partial charge in [0.1, 0.15) is 0 Å². The van der Waals surface area contributed by atoms with Crippen LogP contribution in [0.3, 0.4) is 0 Å². The largest absolute Gasteiger partial charge is 0.454 e. The molecule has 1 heterocycles. The molecule has 0 amide bonds. The maximum Gasteiger partial charge on any atom is 0.231 e. The number of azide groups is 1. The van der Waals surface area contributed by atoms with E-state index in [0.717, 1.165) is 24.2 Å². The minimum Gasteiger partial charge on any atom is -0.454 e. The number of fused-ring (bicyclic) bond motifs is 1. The lowest BCUT2D eigenvalue weighted by Gasteiger charge is -2.05. The molecule has 1 aliphatic heterocycles. The van der Waals surface area contributed by atoms with Crippen molar-refractivity contribution in [2.45, 2.75) is 19.8 Å².